The number of nitrogens with zero attached hydrogens (tertiary/aromatic N) is 2. The SMILES string of the molecule is CCCNCCCc1cnn(-c2ccc(OCC)cc2)c1. The van der Waals surface area contributed by atoms with Crippen molar-refractivity contribution in [2.24, 2.45) is 0 Å². The van der Waals surface area contributed by atoms with E-state index in [0.717, 1.165) is 37.4 Å². The summed E-state index contributed by atoms with van der Waals surface area (Å²) in [7, 11) is 0. The summed E-state index contributed by atoms with van der Waals surface area (Å²) in [5.74, 6) is 0.899. The smallest absolute Gasteiger partial charge is 0.119 e. The van der Waals surface area contributed by atoms with E-state index in [1.165, 1.54) is 12.0 Å². The maximum Gasteiger partial charge on any atom is 0.119 e. The van der Waals surface area contributed by atoms with Crippen LogP contribution in [0.2, 0.25) is 0 Å². The van der Waals surface area contributed by atoms with Crippen LogP contribution in [0.3, 0.4) is 0 Å². The van der Waals surface area contributed by atoms with Gasteiger partial charge in [0, 0.05) is 6.20 Å². The van der Waals surface area contributed by atoms with Crippen LogP contribution in [-0.4, -0.2) is 29.5 Å². The van der Waals surface area contributed by atoms with Crippen molar-refractivity contribution in [3.05, 3.63) is 42.2 Å². The average Bonchev–Trinajstić information content (AvgIpc) is 2.97. The summed E-state index contributed by atoms with van der Waals surface area (Å²) in [6.45, 7) is 7.04. The summed E-state index contributed by atoms with van der Waals surface area (Å²) >= 11 is 0. The van der Waals surface area contributed by atoms with Crippen molar-refractivity contribution in [1.82, 2.24) is 15.1 Å². The summed E-state index contributed by atoms with van der Waals surface area (Å²) < 4.78 is 7.37. The normalized spacial score (nSPS) is 10.8. The molecule has 2 rings (SSSR count). The van der Waals surface area contributed by atoms with Gasteiger partial charge in [0.25, 0.3) is 0 Å². The van der Waals surface area contributed by atoms with E-state index in [1.54, 1.807) is 0 Å². The Bertz CT molecular complexity index is 519. The maximum atomic E-state index is 5.45. The van der Waals surface area contributed by atoms with Crippen molar-refractivity contribution in [1.29, 1.82) is 0 Å². The molecule has 0 amide bonds. The minimum Gasteiger partial charge on any atom is -0.494 e. The molecule has 0 atom stereocenters. The highest BCUT2D eigenvalue weighted by Crippen LogP contribution is 2.15. The summed E-state index contributed by atoms with van der Waals surface area (Å²) in [5.41, 5.74) is 2.34. The van der Waals surface area contributed by atoms with Crippen molar-refractivity contribution in [2.75, 3.05) is 19.7 Å². The summed E-state index contributed by atoms with van der Waals surface area (Å²) in [6.07, 6.45) is 7.46. The average molecular weight is 287 g/mol. The van der Waals surface area contributed by atoms with Crippen LogP contribution in [0.15, 0.2) is 36.7 Å². The van der Waals surface area contributed by atoms with Crippen LogP contribution >= 0.6 is 0 Å². The van der Waals surface area contributed by atoms with Crippen molar-refractivity contribution in [3.8, 4) is 11.4 Å². The largest absolute Gasteiger partial charge is 0.494 e. The van der Waals surface area contributed by atoms with Crippen LogP contribution in [0.4, 0.5) is 0 Å². The van der Waals surface area contributed by atoms with Crippen LogP contribution in [0.25, 0.3) is 5.69 Å². The Hall–Kier alpha value is -1.81. The molecular weight excluding hydrogens is 262 g/mol. The Morgan fingerprint density at radius 2 is 1.95 bits per heavy atom. The topological polar surface area (TPSA) is 39.1 Å². The molecule has 1 aromatic heterocycles. The van der Waals surface area contributed by atoms with Gasteiger partial charge in [0.15, 0.2) is 0 Å². The van der Waals surface area contributed by atoms with Crippen LogP contribution in [0, 0.1) is 0 Å². The van der Waals surface area contributed by atoms with Gasteiger partial charge in [-0.2, -0.15) is 5.10 Å². The van der Waals surface area contributed by atoms with Crippen molar-refractivity contribution in [2.45, 2.75) is 33.1 Å². The first kappa shape index (κ1) is 15.6. The molecule has 1 N–H and O–H groups in total. The molecule has 1 aromatic carbocycles. The molecule has 0 spiro atoms. The Morgan fingerprint density at radius 1 is 1.14 bits per heavy atom. The molecular formula is C17H25N3O. The molecule has 0 bridgehead atoms. The van der Waals surface area contributed by atoms with Crippen LogP contribution in [-0.2, 0) is 6.42 Å². The molecule has 0 radical (unpaired) electrons. The van der Waals surface area contributed by atoms with Crippen molar-refractivity contribution in [3.63, 3.8) is 0 Å². The van der Waals surface area contributed by atoms with Gasteiger partial charge >= 0.3 is 0 Å². The van der Waals surface area contributed by atoms with Crippen LogP contribution in [0.1, 0.15) is 32.3 Å². The second-order valence-corrected chi connectivity index (χ2v) is 5.07. The van der Waals surface area contributed by atoms with E-state index in [1.807, 2.05) is 42.1 Å². The lowest BCUT2D eigenvalue weighted by molar-refractivity contribution is 0.340. The predicted octanol–water partition coefficient (Wildman–Crippen LogP) is 3.20. The quantitative estimate of drug-likeness (QED) is 0.720. The first-order valence-electron chi connectivity index (χ1n) is 7.81. The summed E-state index contributed by atoms with van der Waals surface area (Å²) in [5, 5.41) is 7.85. The minimum absolute atomic E-state index is 0.692. The van der Waals surface area contributed by atoms with Gasteiger partial charge in [-0.15, -0.1) is 0 Å². The fraction of sp³-hybridized carbons (Fsp3) is 0.471. The lowest BCUT2D eigenvalue weighted by Crippen LogP contribution is -2.16. The molecule has 21 heavy (non-hydrogen) atoms. The van der Waals surface area contributed by atoms with Gasteiger partial charge in [-0.3, -0.25) is 0 Å². The van der Waals surface area contributed by atoms with Gasteiger partial charge in [-0.05, 0) is 69.1 Å². The van der Waals surface area contributed by atoms with Gasteiger partial charge in [0.05, 0.1) is 18.5 Å². The Morgan fingerprint density at radius 3 is 2.67 bits per heavy atom. The zero-order valence-electron chi connectivity index (χ0n) is 13.0. The molecule has 0 aliphatic heterocycles. The first-order chi connectivity index (χ1) is 10.3. The highest BCUT2D eigenvalue weighted by Gasteiger charge is 2.01. The number of ether oxygens (including phenoxy) is 1. The van der Waals surface area contributed by atoms with E-state index in [2.05, 4.69) is 23.5 Å². The molecule has 2 aromatic rings. The van der Waals surface area contributed by atoms with Gasteiger partial charge < -0.3 is 10.1 Å². The Kier molecular flexibility index (Phi) is 6.28. The lowest BCUT2D eigenvalue weighted by Gasteiger charge is -2.05. The van der Waals surface area contributed by atoms with Gasteiger partial charge in [0.2, 0.25) is 0 Å². The standard InChI is InChI=1S/C17H25N3O/c1-3-11-18-12-5-6-15-13-19-20(14-15)16-7-9-17(10-8-16)21-4-2/h7-10,13-14,18H,3-6,11-12H2,1-2H3. The third-order valence-corrected chi connectivity index (χ3v) is 3.29. The summed E-state index contributed by atoms with van der Waals surface area (Å²) in [4.78, 5) is 0. The van der Waals surface area contributed by atoms with Crippen LogP contribution in [0.5, 0.6) is 5.75 Å². The molecule has 0 aliphatic rings. The molecule has 0 fully saturated rings. The molecule has 0 aliphatic carbocycles. The first-order valence-corrected chi connectivity index (χ1v) is 7.81. The number of benzene rings is 1. The fourth-order valence-corrected chi connectivity index (χ4v) is 2.21. The fourth-order valence-electron chi connectivity index (χ4n) is 2.21. The zero-order valence-corrected chi connectivity index (χ0v) is 13.0. The second-order valence-electron chi connectivity index (χ2n) is 5.07. The molecule has 4 nitrogen and oxygen atoms in total. The zero-order chi connectivity index (χ0) is 14.9. The predicted molar refractivity (Wildman–Crippen MR) is 86.2 cm³/mol. The molecule has 1 heterocycles. The molecule has 0 unspecified atom stereocenters. The van der Waals surface area contributed by atoms with Crippen LogP contribution < -0.4 is 10.1 Å². The number of rotatable bonds is 9. The number of hydrogen-bond acceptors (Lipinski definition) is 3. The maximum absolute atomic E-state index is 5.45. The third-order valence-electron chi connectivity index (χ3n) is 3.29. The van der Waals surface area contributed by atoms with E-state index in [-0.39, 0.29) is 0 Å². The number of nitrogens with one attached hydrogen (secondary N) is 1. The Balaban J connectivity index is 1.87. The van der Waals surface area contributed by atoms with Gasteiger partial charge in [0.1, 0.15) is 5.75 Å². The molecule has 0 saturated heterocycles. The lowest BCUT2D eigenvalue weighted by atomic mass is 10.2. The van der Waals surface area contributed by atoms with E-state index >= 15 is 0 Å². The Labute approximate surface area is 127 Å². The van der Waals surface area contributed by atoms with Crippen molar-refractivity contribution >= 4 is 0 Å². The molecule has 0 saturated carbocycles. The van der Waals surface area contributed by atoms with E-state index < -0.39 is 0 Å². The monoisotopic (exact) mass is 287 g/mol. The van der Waals surface area contributed by atoms with E-state index in [9.17, 15) is 0 Å². The third kappa shape index (κ3) is 4.90. The highest BCUT2D eigenvalue weighted by atomic mass is 16.5. The van der Waals surface area contributed by atoms with E-state index in [4.69, 9.17) is 4.74 Å². The molecule has 4 heteroatoms. The van der Waals surface area contributed by atoms with Crippen molar-refractivity contribution < 1.29 is 4.74 Å². The summed E-state index contributed by atoms with van der Waals surface area (Å²) in [6, 6.07) is 8.03. The minimum atomic E-state index is 0.692. The van der Waals surface area contributed by atoms with E-state index in [0.29, 0.717) is 6.61 Å². The van der Waals surface area contributed by atoms with Gasteiger partial charge in [-0.25, -0.2) is 4.68 Å². The second kappa shape index (κ2) is 8.47. The highest BCUT2D eigenvalue weighted by molar-refractivity contribution is 5.37. The molecule has 114 valence electrons. The number of hydrogen-bond donors (Lipinski definition) is 1. The number of aryl methyl sites for hydroxylation is 1. The number of aromatic nitrogens is 2. The van der Waals surface area contributed by atoms with Gasteiger partial charge in [-0.1, -0.05) is 6.92 Å².